The second-order valence-corrected chi connectivity index (χ2v) is 5.68. The highest BCUT2D eigenvalue weighted by molar-refractivity contribution is 9.10. The number of fused-ring (bicyclic) bond motifs is 1. The Bertz CT molecular complexity index is 811. The Kier molecular flexibility index (Phi) is 3.78. The summed E-state index contributed by atoms with van der Waals surface area (Å²) in [6.07, 6.45) is 1.85. The van der Waals surface area contributed by atoms with Crippen LogP contribution in [0.3, 0.4) is 0 Å². The third-order valence-electron chi connectivity index (χ3n) is 3.56. The van der Waals surface area contributed by atoms with E-state index in [9.17, 15) is 8.78 Å². The van der Waals surface area contributed by atoms with E-state index in [-0.39, 0.29) is 16.6 Å². The van der Waals surface area contributed by atoms with Crippen molar-refractivity contribution in [3.8, 4) is 0 Å². The molecule has 0 aliphatic carbocycles. The Labute approximate surface area is 129 Å². The molecule has 0 aliphatic rings. The van der Waals surface area contributed by atoms with Crippen molar-refractivity contribution in [2.45, 2.75) is 13.1 Å². The van der Waals surface area contributed by atoms with Gasteiger partial charge in [0.1, 0.15) is 11.6 Å². The van der Waals surface area contributed by atoms with Gasteiger partial charge in [-0.3, -0.25) is 0 Å². The summed E-state index contributed by atoms with van der Waals surface area (Å²) in [5, 5.41) is 1.01. The highest BCUT2D eigenvalue weighted by atomic mass is 79.9. The van der Waals surface area contributed by atoms with Crippen LogP contribution in [0.25, 0.3) is 10.9 Å². The molecular weight excluding hydrogens is 338 g/mol. The van der Waals surface area contributed by atoms with E-state index >= 15 is 0 Å². The van der Waals surface area contributed by atoms with Gasteiger partial charge in [-0.2, -0.15) is 0 Å². The Morgan fingerprint density at radius 1 is 1.10 bits per heavy atom. The highest BCUT2D eigenvalue weighted by Crippen LogP contribution is 2.26. The SMILES string of the molecule is NCc1cn(Cc2c(F)ccc(Br)c2F)c2ccccc12. The number of benzene rings is 2. The molecule has 0 unspecified atom stereocenters. The molecule has 1 heterocycles. The number of rotatable bonds is 3. The average Bonchev–Trinajstić information content (AvgIpc) is 2.86. The number of aromatic nitrogens is 1. The van der Waals surface area contributed by atoms with Gasteiger partial charge in [0.05, 0.1) is 11.0 Å². The molecule has 21 heavy (non-hydrogen) atoms. The minimum atomic E-state index is -0.568. The number of hydrogen-bond acceptors (Lipinski definition) is 1. The van der Waals surface area contributed by atoms with Gasteiger partial charge in [0.2, 0.25) is 0 Å². The van der Waals surface area contributed by atoms with Crippen LogP contribution in [0.5, 0.6) is 0 Å². The first-order valence-corrected chi connectivity index (χ1v) is 7.30. The number of hydrogen-bond donors (Lipinski definition) is 1. The zero-order chi connectivity index (χ0) is 15.0. The van der Waals surface area contributed by atoms with E-state index in [1.807, 2.05) is 35.0 Å². The second kappa shape index (κ2) is 5.58. The standard InChI is InChI=1S/C16H13BrF2N2/c17-13-5-6-14(18)12(16(13)19)9-21-8-10(7-20)11-3-1-2-4-15(11)21/h1-6,8H,7,9,20H2. The van der Waals surface area contributed by atoms with E-state index in [2.05, 4.69) is 15.9 Å². The molecule has 1 aromatic heterocycles. The molecule has 0 aliphatic heterocycles. The summed E-state index contributed by atoms with van der Waals surface area (Å²) < 4.78 is 30.1. The Hall–Kier alpha value is -1.72. The van der Waals surface area contributed by atoms with Crippen molar-refractivity contribution in [3.63, 3.8) is 0 Å². The van der Waals surface area contributed by atoms with Gasteiger partial charge in [0.15, 0.2) is 0 Å². The molecule has 0 atom stereocenters. The number of para-hydroxylation sites is 1. The maximum Gasteiger partial charge on any atom is 0.145 e. The van der Waals surface area contributed by atoms with Gasteiger partial charge >= 0.3 is 0 Å². The van der Waals surface area contributed by atoms with E-state index in [0.29, 0.717) is 6.54 Å². The van der Waals surface area contributed by atoms with Crippen LogP contribution >= 0.6 is 15.9 Å². The fourth-order valence-corrected chi connectivity index (χ4v) is 2.87. The summed E-state index contributed by atoms with van der Waals surface area (Å²) in [4.78, 5) is 0. The van der Waals surface area contributed by atoms with Crippen LogP contribution in [-0.2, 0) is 13.1 Å². The Morgan fingerprint density at radius 2 is 1.86 bits per heavy atom. The Balaban J connectivity index is 2.13. The molecule has 5 heteroatoms. The fourth-order valence-electron chi connectivity index (χ4n) is 2.50. The molecule has 0 spiro atoms. The summed E-state index contributed by atoms with van der Waals surface area (Å²) >= 11 is 3.09. The van der Waals surface area contributed by atoms with Crippen LogP contribution in [-0.4, -0.2) is 4.57 Å². The summed E-state index contributed by atoms with van der Waals surface area (Å²) in [7, 11) is 0. The molecule has 3 aromatic rings. The largest absolute Gasteiger partial charge is 0.342 e. The summed E-state index contributed by atoms with van der Waals surface area (Å²) in [5.74, 6) is -1.12. The molecule has 0 saturated heterocycles. The van der Waals surface area contributed by atoms with Crippen molar-refractivity contribution in [1.82, 2.24) is 4.57 Å². The molecule has 0 saturated carbocycles. The van der Waals surface area contributed by atoms with Crippen molar-refractivity contribution in [3.05, 3.63) is 69.8 Å². The number of nitrogens with two attached hydrogens (primary N) is 1. The summed E-state index contributed by atoms with van der Waals surface area (Å²) in [5.41, 5.74) is 7.65. The van der Waals surface area contributed by atoms with E-state index < -0.39 is 11.6 Å². The lowest BCUT2D eigenvalue weighted by Gasteiger charge is -2.09. The molecule has 3 rings (SSSR count). The van der Waals surface area contributed by atoms with Gasteiger partial charge in [0, 0.05) is 29.2 Å². The first-order valence-electron chi connectivity index (χ1n) is 6.51. The van der Waals surface area contributed by atoms with Gasteiger partial charge in [-0.05, 0) is 39.7 Å². The maximum absolute atomic E-state index is 14.1. The monoisotopic (exact) mass is 350 g/mol. The van der Waals surface area contributed by atoms with Crippen LogP contribution in [0.15, 0.2) is 47.1 Å². The molecule has 0 fully saturated rings. The highest BCUT2D eigenvalue weighted by Gasteiger charge is 2.15. The minimum Gasteiger partial charge on any atom is -0.342 e. The lowest BCUT2D eigenvalue weighted by atomic mass is 10.2. The van der Waals surface area contributed by atoms with E-state index in [1.54, 1.807) is 0 Å². The van der Waals surface area contributed by atoms with E-state index in [0.717, 1.165) is 16.5 Å². The van der Waals surface area contributed by atoms with Crippen LogP contribution in [0.2, 0.25) is 0 Å². The van der Waals surface area contributed by atoms with Crippen molar-refractivity contribution in [2.24, 2.45) is 5.73 Å². The maximum atomic E-state index is 14.1. The first-order chi connectivity index (χ1) is 10.1. The summed E-state index contributed by atoms with van der Waals surface area (Å²) in [6, 6.07) is 10.3. The van der Waals surface area contributed by atoms with Gasteiger partial charge in [-0.15, -0.1) is 0 Å². The molecule has 2 aromatic carbocycles. The molecule has 0 amide bonds. The van der Waals surface area contributed by atoms with E-state index in [1.165, 1.54) is 12.1 Å². The van der Waals surface area contributed by atoms with Crippen LogP contribution < -0.4 is 5.73 Å². The lowest BCUT2D eigenvalue weighted by Crippen LogP contribution is -2.04. The molecule has 0 bridgehead atoms. The lowest BCUT2D eigenvalue weighted by molar-refractivity contribution is 0.543. The third-order valence-corrected chi connectivity index (χ3v) is 4.17. The van der Waals surface area contributed by atoms with E-state index in [4.69, 9.17) is 5.73 Å². The summed E-state index contributed by atoms with van der Waals surface area (Å²) in [6.45, 7) is 0.509. The van der Waals surface area contributed by atoms with Gasteiger partial charge in [-0.25, -0.2) is 8.78 Å². The third kappa shape index (κ3) is 2.47. The first kappa shape index (κ1) is 14.2. The Morgan fingerprint density at radius 3 is 2.62 bits per heavy atom. The molecule has 108 valence electrons. The zero-order valence-electron chi connectivity index (χ0n) is 11.1. The second-order valence-electron chi connectivity index (χ2n) is 4.83. The molecule has 0 radical (unpaired) electrons. The number of halogens is 3. The van der Waals surface area contributed by atoms with Gasteiger partial charge in [-0.1, -0.05) is 18.2 Å². The van der Waals surface area contributed by atoms with Crippen molar-refractivity contribution in [1.29, 1.82) is 0 Å². The molecule has 2 nitrogen and oxygen atoms in total. The number of nitrogens with zero attached hydrogens (tertiary/aromatic N) is 1. The van der Waals surface area contributed by atoms with Crippen LogP contribution in [0.4, 0.5) is 8.78 Å². The quantitative estimate of drug-likeness (QED) is 0.705. The van der Waals surface area contributed by atoms with Gasteiger partial charge in [0.25, 0.3) is 0 Å². The van der Waals surface area contributed by atoms with Crippen molar-refractivity contribution >= 4 is 26.8 Å². The van der Waals surface area contributed by atoms with Crippen LogP contribution in [0, 0.1) is 11.6 Å². The molecular formula is C16H13BrF2N2. The van der Waals surface area contributed by atoms with Crippen molar-refractivity contribution < 1.29 is 8.78 Å². The minimum absolute atomic E-state index is 0.0358. The smallest absolute Gasteiger partial charge is 0.145 e. The fraction of sp³-hybridized carbons (Fsp3) is 0.125. The predicted molar refractivity (Wildman–Crippen MR) is 83.0 cm³/mol. The predicted octanol–water partition coefficient (Wildman–Crippen LogP) is 4.19. The van der Waals surface area contributed by atoms with Gasteiger partial charge < -0.3 is 10.3 Å². The zero-order valence-corrected chi connectivity index (χ0v) is 12.7. The van der Waals surface area contributed by atoms with Crippen molar-refractivity contribution in [2.75, 3.05) is 0 Å². The van der Waals surface area contributed by atoms with Crippen LogP contribution in [0.1, 0.15) is 11.1 Å². The topological polar surface area (TPSA) is 30.9 Å². The average molecular weight is 351 g/mol. The normalized spacial score (nSPS) is 11.2. The molecule has 2 N–H and O–H groups in total.